The van der Waals surface area contributed by atoms with Gasteiger partial charge in [0.2, 0.25) is 0 Å². The number of nitrogens with zero attached hydrogens (tertiary/aromatic N) is 3. The number of rotatable bonds is 6. The molecule has 0 bridgehead atoms. The van der Waals surface area contributed by atoms with Crippen LogP contribution in [-0.2, 0) is 10.3 Å². The number of hydrogen-bond donors (Lipinski definition) is 1. The summed E-state index contributed by atoms with van der Waals surface area (Å²) in [4.78, 5) is 35.0. The van der Waals surface area contributed by atoms with Crippen LogP contribution >= 0.6 is 11.3 Å². The molecule has 1 atom stereocenters. The molecule has 1 saturated heterocycles. The van der Waals surface area contributed by atoms with Crippen molar-refractivity contribution in [3.63, 3.8) is 0 Å². The quantitative estimate of drug-likeness (QED) is 0.426. The second kappa shape index (κ2) is 8.42. The van der Waals surface area contributed by atoms with Crippen molar-refractivity contribution >= 4 is 33.5 Å². The first-order valence-electron chi connectivity index (χ1n) is 10.8. The highest BCUT2D eigenvalue weighted by molar-refractivity contribution is 7.18. The molecule has 0 saturated carbocycles. The lowest BCUT2D eigenvalue weighted by molar-refractivity contribution is -0.131. The second-order valence-electron chi connectivity index (χ2n) is 8.24. The Balaban J connectivity index is 1.45. The zero-order chi connectivity index (χ0) is 23.0. The fourth-order valence-corrected chi connectivity index (χ4v) is 5.33. The van der Waals surface area contributed by atoms with Gasteiger partial charge in [0.15, 0.2) is 5.54 Å². The van der Waals surface area contributed by atoms with Gasteiger partial charge in [-0.05, 0) is 37.2 Å². The fourth-order valence-electron chi connectivity index (χ4n) is 4.24. The van der Waals surface area contributed by atoms with E-state index in [0.29, 0.717) is 0 Å². The number of hydrogen-bond acceptors (Lipinski definition) is 5. The summed E-state index contributed by atoms with van der Waals surface area (Å²) >= 11 is 1.63. The largest absolute Gasteiger partial charge is 0.326 e. The number of carbonyl (C=O) groups excluding carboxylic acids is 2. The predicted octanol–water partition coefficient (Wildman–Crippen LogP) is 4.74. The molecule has 7 heteroatoms. The molecule has 1 aliphatic rings. The van der Waals surface area contributed by atoms with Gasteiger partial charge < -0.3 is 5.32 Å². The first-order chi connectivity index (χ1) is 16.0. The van der Waals surface area contributed by atoms with Crippen molar-refractivity contribution in [2.45, 2.75) is 18.5 Å². The summed E-state index contributed by atoms with van der Waals surface area (Å²) in [5.74, 6) is -0.284. The molecule has 0 unspecified atom stereocenters. The Hall–Kier alpha value is -3.55. The molecule has 3 amide bonds. The Morgan fingerprint density at radius 2 is 1.52 bits per heavy atom. The van der Waals surface area contributed by atoms with Crippen molar-refractivity contribution < 1.29 is 9.59 Å². The molecule has 33 heavy (non-hydrogen) atoms. The third kappa shape index (κ3) is 3.59. The van der Waals surface area contributed by atoms with E-state index >= 15 is 0 Å². The van der Waals surface area contributed by atoms with E-state index in [4.69, 9.17) is 4.98 Å². The molecule has 4 aromatic rings. The SMILES string of the molecule is C[C@H](c1nc2ccccc2s1)N(C)CN1C(=O)NC(c2ccccc2)(c2ccccc2)C1=O. The first kappa shape index (κ1) is 21.3. The highest BCUT2D eigenvalue weighted by Crippen LogP contribution is 2.36. The lowest BCUT2D eigenvalue weighted by Gasteiger charge is -2.30. The summed E-state index contributed by atoms with van der Waals surface area (Å²) in [7, 11) is 1.91. The summed E-state index contributed by atoms with van der Waals surface area (Å²) < 4.78 is 1.12. The van der Waals surface area contributed by atoms with E-state index in [2.05, 4.69) is 11.4 Å². The number of urea groups is 1. The van der Waals surface area contributed by atoms with Gasteiger partial charge in [-0.15, -0.1) is 11.3 Å². The third-order valence-corrected chi connectivity index (χ3v) is 7.42. The van der Waals surface area contributed by atoms with Gasteiger partial charge in [0.25, 0.3) is 5.91 Å². The Kier molecular flexibility index (Phi) is 5.44. The zero-order valence-corrected chi connectivity index (χ0v) is 19.3. The lowest BCUT2D eigenvalue weighted by Crippen LogP contribution is -2.46. The van der Waals surface area contributed by atoms with Crippen LogP contribution in [-0.4, -0.2) is 40.4 Å². The Morgan fingerprint density at radius 3 is 2.12 bits per heavy atom. The van der Waals surface area contributed by atoms with E-state index in [1.165, 1.54) is 4.90 Å². The molecule has 0 spiro atoms. The number of aromatic nitrogens is 1. The number of thiazole rings is 1. The van der Waals surface area contributed by atoms with Crippen LogP contribution in [0.1, 0.15) is 29.1 Å². The molecule has 1 aliphatic heterocycles. The van der Waals surface area contributed by atoms with Crippen molar-refractivity contribution in [3.05, 3.63) is 101 Å². The topological polar surface area (TPSA) is 65.5 Å². The van der Waals surface area contributed by atoms with Crippen molar-refractivity contribution in [2.24, 2.45) is 0 Å². The van der Waals surface area contributed by atoms with Crippen LogP contribution in [0, 0.1) is 0 Å². The summed E-state index contributed by atoms with van der Waals surface area (Å²) in [6.45, 7) is 2.20. The number of nitrogens with one attached hydrogen (secondary N) is 1. The van der Waals surface area contributed by atoms with Crippen LogP contribution < -0.4 is 5.32 Å². The van der Waals surface area contributed by atoms with Gasteiger partial charge >= 0.3 is 6.03 Å². The average Bonchev–Trinajstić information content (AvgIpc) is 3.40. The summed E-state index contributed by atoms with van der Waals surface area (Å²) in [6, 6.07) is 26.4. The molecule has 0 aliphatic carbocycles. The number of imide groups is 1. The minimum atomic E-state index is -1.25. The molecule has 2 heterocycles. The molecule has 166 valence electrons. The van der Waals surface area contributed by atoms with Crippen molar-refractivity contribution in [3.8, 4) is 0 Å². The Bertz CT molecular complexity index is 1230. The van der Waals surface area contributed by atoms with Crippen LogP contribution in [0.15, 0.2) is 84.9 Å². The van der Waals surface area contributed by atoms with Crippen LogP contribution in [0.5, 0.6) is 0 Å². The minimum Gasteiger partial charge on any atom is -0.315 e. The summed E-state index contributed by atoms with van der Waals surface area (Å²) in [5, 5.41) is 3.95. The van der Waals surface area contributed by atoms with Gasteiger partial charge in [-0.25, -0.2) is 14.7 Å². The van der Waals surface area contributed by atoms with Crippen molar-refractivity contribution in [1.29, 1.82) is 0 Å². The standard InChI is InChI=1S/C26H24N4O2S/c1-18(23-27-21-15-9-10-16-22(21)33-23)29(2)17-30-24(31)26(28-25(30)32,19-11-5-3-6-12-19)20-13-7-4-8-14-20/h3-16,18H,17H2,1-2H3,(H,28,32)/t18-/m1/s1. The molecule has 5 rings (SSSR count). The van der Waals surface area contributed by atoms with Crippen LogP contribution in [0.2, 0.25) is 0 Å². The molecule has 3 aromatic carbocycles. The maximum atomic E-state index is 13.9. The van der Waals surface area contributed by atoms with E-state index in [9.17, 15) is 9.59 Å². The maximum Gasteiger partial charge on any atom is 0.326 e. The fraction of sp³-hybridized carbons (Fsp3) is 0.192. The number of fused-ring (bicyclic) bond motifs is 1. The van der Waals surface area contributed by atoms with E-state index in [1.807, 2.05) is 97.7 Å². The molecule has 1 aromatic heterocycles. The molecule has 6 nitrogen and oxygen atoms in total. The zero-order valence-electron chi connectivity index (χ0n) is 18.4. The van der Waals surface area contributed by atoms with Crippen LogP contribution in [0.4, 0.5) is 4.79 Å². The van der Waals surface area contributed by atoms with Crippen LogP contribution in [0.3, 0.4) is 0 Å². The first-order valence-corrected chi connectivity index (χ1v) is 11.6. The Labute approximate surface area is 196 Å². The third-order valence-electron chi connectivity index (χ3n) is 6.21. The maximum absolute atomic E-state index is 13.9. The lowest BCUT2D eigenvalue weighted by atomic mass is 9.83. The van der Waals surface area contributed by atoms with Gasteiger partial charge in [-0.3, -0.25) is 9.69 Å². The van der Waals surface area contributed by atoms with Gasteiger partial charge in [-0.2, -0.15) is 0 Å². The van der Waals surface area contributed by atoms with Crippen LogP contribution in [0.25, 0.3) is 10.2 Å². The molecule has 1 N–H and O–H groups in total. The van der Waals surface area contributed by atoms with E-state index < -0.39 is 11.6 Å². The second-order valence-corrected chi connectivity index (χ2v) is 9.30. The monoisotopic (exact) mass is 456 g/mol. The van der Waals surface area contributed by atoms with E-state index in [1.54, 1.807) is 11.3 Å². The summed E-state index contributed by atoms with van der Waals surface area (Å²) in [5.41, 5.74) is 1.18. The highest BCUT2D eigenvalue weighted by atomic mass is 32.1. The van der Waals surface area contributed by atoms with Gasteiger partial charge in [0, 0.05) is 0 Å². The normalized spacial score (nSPS) is 16.4. The number of benzene rings is 3. The highest BCUT2D eigenvalue weighted by Gasteiger charge is 2.53. The number of carbonyl (C=O) groups is 2. The van der Waals surface area contributed by atoms with Gasteiger partial charge in [-0.1, -0.05) is 72.8 Å². The van der Waals surface area contributed by atoms with Gasteiger partial charge in [0.05, 0.1) is 22.9 Å². The molecule has 1 fully saturated rings. The number of amides is 3. The van der Waals surface area contributed by atoms with E-state index in [0.717, 1.165) is 26.4 Å². The Morgan fingerprint density at radius 1 is 0.939 bits per heavy atom. The molecular weight excluding hydrogens is 432 g/mol. The van der Waals surface area contributed by atoms with Crippen molar-refractivity contribution in [2.75, 3.05) is 13.7 Å². The predicted molar refractivity (Wildman–Crippen MR) is 130 cm³/mol. The molecule has 0 radical (unpaired) electrons. The minimum absolute atomic E-state index is 0.0635. The van der Waals surface area contributed by atoms with E-state index in [-0.39, 0.29) is 18.6 Å². The van der Waals surface area contributed by atoms with Gasteiger partial charge in [0.1, 0.15) is 5.01 Å². The smallest absolute Gasteiger partial charge is 0.315 e. The molecular formula is C26H24N4O2S. The summed E-state index contributed by atoms with van der Waals surface area (Å²) in [6.07, 6.45) is 0. The number of para-hydroxylation sites is 1. The average molecular weight is 457 g/mol. The van der Waals surface area contributed by atoms with Crippen molar-refractivity contribution in [1.82, 2.24) is 20.1 Å².